The molecule has 0 amide bonds. The van der Waals surface area contributed by atoms with Crippen molar-refractivity contribution < 1.29 is 21.6 Å². The molecule has 1 aliphatic heterocycles. The third-order valence-electron chi connectivity index (χ3n) is 3.50. The SMILES string of the molecule is Cc1c(C(F)(F)F)cccc1S(=O)(=O)N[C@H]1CCCNC1. The van der Waals surface area contributed by atoms with E-state index in [0.29, 0.717) is 13.0 Å². The van der Waals surface area contributed by atoms with Gasteiger partial charge in [0, 0.05) is 12.6 Å². The molecular formula is C13H17F3N2O2S. The maximum absolute atomic E-state index is 12.9. The van der Waals surface area contributed by atoms with E-state index >= 15 is 0 Å². The van der Waals surface area contributed by atoms with Crippen molar-refractivity contribution in [3.05, 3.63) is 29.3 Å². The van der Waals surface area contributed by atoms with Crippen LogP contribution in [0.3, 0.4) is 0 Å². The van der Waals surface area contributed by atoms with Crippen LogP contribution in [-0.4, -0.2) is 27.5 Å². The van der Waals surface area contributed by atoms with Crippen LogP contribution in [0.2, 0.25) is 0 Å². The Labute approximate surface area is 121 Å². The molecular weight excluding hydrogens is 305 g/mol. The lowest BCUT2D eigenvalue weighted by Gasteiger charge is -2.24. The van der Waals surface area contributed by atoms with E-state index in [1.54, 1.807) is 0 Å². The fourth-order valence-corrected chi connectivity index (χ4v) is 3.99. The van der Waals surface area contributed by atoms with E-state index in [9.17, 15) is 21.6 Å². The number of nitrogens with one attached hydrogen (secondary N) is 2. The molecule has 0 unspecified atom stereocenters. The molecule has 21 heavy (non-hydrogen) atoms. The van der Waals surface area contributed by atoms with Gasteiger partial charge in [-0.05, 0) is 44.0 Å². The number of piperidine rings is 1. The van der Waals surface area contributed by atoms with Crippen molar-refractivity contribution in [2.45, 2.75) is 36.9 Å². The molecule has 0 bridgehead atoms. The number of halogens is 3. The van der Waals surface area contributed by atoms with Crippen LogP contribution in [0.4, 0.5) is 13.2 Å². The zero-order valence-corrected chi connectivity index (χ0v) is 12.3. The predicted molar refractivity (Wildman–Crippen MR) is 72.4 cm³/mol. The highest BCUT2D eigenvalue weighted by Gasteiger charge is 2.35. The van der Waals surface area contributed by atoms with Crippen molar-refractivity contribution in [3.63, 3.8) is 0 Å². The van der Waals surface area contributed by atoms with Crippen LogP contribution in [-0.2, 0) is 16.2 Å². The first-order chi connectivity index (χ1) is 9.72. The van der Waals surface area contributed by atoms with Gasteiger partial charge < -0.3 is 5.32 Å². The van der Waals surface area contributed by atoms with Crippen molar-refractivity contribution in [3.8, 4) is 0 Å². The van der Waals surface area contributed by atoms with E-state index in [1.807, 2.05) is 0 Å². The van der Waals surface area contributed by atoms with Crippen molar-refractivity contribution in [2.24, 2.45) is 0 Å². The summed E-state index contributed by atoms with van der Waals surface area (Å²) in [6.07, 6.45) is -3.07. The van der Waals surface area contributed by atoms with Gasteiger partial charge in [0.05, 0.1) is 10.5 Å². The summed E-state index contributed by atoms with van der Waals surface area (Å²) in [5.74, 6) is 0. The number of benzene rings is 1. The summed E-state index contributed by atoms with van der Waals surface area (Å²) < 4.78 is 65.6. The molecule has 1 saturated heterocycles. The molecule has 1 atom stereocenters. The Morgan fingerprint density at radius 1 is 1.33 bits per heavy atom. The van der Waals surface area contributed by atoms with E-state index in [2.05, 4.69) is 10.0 Å². The zero-order valence-electron chi connectivity index (χ0n) is 11.5. The van der Waals surface area contributed by atoms with Crippen LogP contribution in [0.15, 0.2) is 23.1 Å². The van der Waals surface area contributed by atoms with E-state index in [1.165, 1.54) is 13.0 Å². The summed E-state index contributed by atoms with van der Waals surface area (Å²) >= 11 is 0. The Morgan fingerprint density at radius 2 is 2.05 bits per heavy atom. The fraction of sp³-hybridized carbons (Fsp3) is 0.538. The quantitative estimate of drug-likeness (QED) is 0.895. The molecule has 1 aromatic carbocycles. The minimum absolute atomic E-state index is 0.277. The average molecular weight is 322 g/mol. The lowest BCUT2D eigenvalue weighted by molar-refractivity contribution is -0.138. The monoisotopic (exact) mass is 322 g/mol. The summed E-state index contributed by atoms with van der Waals surface area (Å²) in [7, 11) is -3.96. The van der Waals surface area contributed by atoms with Crippen molar-refractivity contribution in [1.82, 2.24) is 10.0 Å². The average Bonchev–Trinajstić information content (AvgIpc) is 2.38. The Kier molecular flexibility index (Phi) is 4.60. The standard InChI is InChI=1S/C13H17F3N2O2S/c1-9-11(13(14,15)16)5-2-6-12(9)21(19,20)18-10-4-3-7-17-8-10/h2,5-6,10,17-18H,3-4,7-8H2,1H3/t10-/m0/s1. The van der Waals surface area contributed by atoms with Gasteiger partial charge in [-0.3, -0.25) is 0 Å². The van der Waals surface area contributed by atoms with E-state index in [4.69, 9.17) is 0 Å². The molecule has 1 aliphatic rings. The summed E-state index contributed by atoms with van der Waals surface area (Å²) in [4.78, 5) is -0.317. The molecule has 4 nitrogen and oxygen atoms in total. The van der Waals surface area contributed by atoms with E-state index in [0.717, 1.165) is 25.1 Å². The van der Waals surface area contributed by atoms with Crippen molar-refractivity contribution >= 4 is 10.0 Å². The normalized spacial score (nSPS) is 20.5. The first-order valence-electron chi connectivity index (χ1n) is 6.61. The first kappa shape index (κ1) is 16.3. The third-order valence-corrected chi connectivity index (χ3v) is 5.16. The second-order valence-electron chi connectivity index (χ2n) is 5.09. The lowest BCUT2D eigenvalue weighted by Crippen LogP contribution is -2.45. The van der Waals surface area contributed by atoms with Gasteiger partial charge in [-0.25, -0.2) is 13.1 Å². The number of hydrogen-bond donors (Lipinski definition) is 2. The van der Waals surface area contributed by atoms with Gasteiger partial charge in [0.15, 0.2) is 0 Å². The number of alkyl halides is 3. The molecule has 0 spiro atoms. The van der Waals surface area contributed by atoms with Crippen molar-refractivity contribution in [1.29, 1.82) is 0 Å². The van der Waals surface area contributed by atoms with Crippen LogP contribution < -0.4 is 10.0 Å². The lowest BCUT2D eigenvalue weighted by atomic mass is 10.1. The molecule has 0 radical (unpaired) electrons. The van der Waals surface area contributed by atoms with E-state index < -0.39 is 21.8 Å². The smallest absolute Gasteiger partial charge is 0.315 e. The van der Waals surface area contributed by atoms with Crippen molar-refractivity contribution in [2.75, 3.05) is 13.1 Å². The van der Waals surface area contributed by atoms with Gasteiger partial charge in [0.2, 0.25) is 10.0 Å². The zero-order chi connectivity index (χ0) is 15.7. The molecule has 0 aliphatic carbocycles. The molecule has 0 saturated carbocycles. The molecule has 118 valence electrons. The van der Waals surface area contributed by atoms with Gasteiger partial charge in [0.25, 0.3) is 0 Å². The maximum atomic E-state index is 12.9. The number of sulfonamides is 1. The summed E-state index contributed by atoms with van der Waals surface area (Å²) in [6, 6.07) is 2.90. The maximum Gasteiger partial charge on any atom is 0.416 e. The Bertz CT molecular complexity index is 608. The second kappa shape index (κ2) is 5.94. The highest BCUT2D eigenvalue weighted by Crippen LogP contribution is 2.34. The highest BCUT2D eigenvalue weighted by atomic mass is 32.2. The molecule has 1 heterocycles. The van der Waals surface area contributed by atoms with Crippen LogP contribution in [0.25, 0.3) is 0 Å². The van der Waals surface area contributed by atoms with Crippen LogP contribution in [0, 0.1) is 6.92 Å². The van der Waals surface area contributed by atoms with Crippen LogP contribution in [0.1, 0.15) is 24.0 Å². The van der Waals surface area contributed by atoms with Crippen LogP contribution >= 0.6 is 0 Å². The molecule has 8 heteroatoms. The number of rotatable bonds is 3. The van der Waals surface area contributed by atoms with Gasteiger partial charge in [-0.2, -0.15) is 13.2 Å². The Hall–Kier alpha value is -1.12. The largest absolute Gasteiger partial charge is 0.416 e. The van der Waals surface area contributed by atoms with Gasteiger partial charge >= 0.3 is 6.18 Å². The highest BCUT2D eigenvalue weighted by molar-refractivity contribution is 7.89. The molecule has 2 rings (SSSR count). The van der Waals surface area contributed by atoms with Gasteiger partial charge in [-0.15, -0.1) is 0 Å². The summed E-state index contributed by atoms with van der Waals surface area (Å²) in [5, 5.41) is 3.05. The molecule has 2 N–H and O–H groups in total. The minimum atomic E-state index is -4.57. The molecule has 1 aromatic rings. The number of hydrogen-bond acceptors (Lipinski definition) is 3. The second-order valence-corrected chi connectivity index (χ2v) is 6.77. The minimum Gasteiger partial charge on any atom is -0.315 e. The molecule has 0 aromatic heterocycles. The van der Waals surface area contributed by atoms with Crippen LogP contribution in [0.5, 0.6) is 0 Å². The molecule has 1 fully saturated rings. The van der Waals surface area contributed by atoms with E-state index in [-0.39, 0.29) is 16.5 Å². The predicted octanol–water partition coefficient (Wildman–Crippen LogP) is 2.04. The summed E-state index contributed by atoms with van der Waals surface area (Å²) in [6.45, 7) is 2.48. The fourth-order valence-electron chi connectivity index (χ4n) is 2.45. The Balaban J connectivity index is 2.32. The topological polar surface area (TPSA) is 58.2 Å². The van der Waals surface area contributed by atoms with Gasteiger partial charge in [-0.1, -0.05) is 6.07 Å². The third kappa shape index (κ3) is 3.75. The van der Waals surface area contributed by atoms with Gasteiger partial charge in [0.1, 0.15) is 0 Å². The first-order valence-corrected chi connectivity index (χ1v) is 8.10. The summed E-state index contributed by atoms with van der Waals surface area (Å²) in [5.41, 5.74) is -1.20. The Morgan fingerprint density at radius 3 is 2.62 bits per heavy atom.